The number of hydrogen-bond acceptors (Lipinski definition) is 5. The monoisotopic (exact) mass is 326 g/mol. The van der Waals surface area contributed by atoms with Gasteiger partial charge in [-0.3, -0.25) is 0 Å². The van der Waals surface area contributed by atoms with E-state index in [4.69, 9.17) is 5.73 Å². The fourth-order valence-electron chi connectivity index (χ4n) is 2.21. The molecule has 1 unspecified atom stereocenters. The molecule has 20 heavy (non-hydrogen) atoms. The minimum absolute atomic E-state index is 0.0283. The molecular weight excluding hydrogens is 300 g/mol. The molecule has 0 aromatic heterocycles. The standard InChI is InChI=1S/C12H26N2O4S2/c1-10(2)12(13)4-7-14(3)20(17,18)11-5-8-19(15,16)9-6-11/h10-12H,4-9,13H2,1-3H3. The number of rotatable bonds is 6. The van der Waals surface area contributed by atoms with E-state index in [0.717, 1.165) is 0 Å². The molecule has 0 bridgehead atoms. The average molecular weight is 326 g/mol. The molecule has 6 nitrogen and oxygen atoms in total. The topological polar surface area (TPSA) is 97.5 Å². The van der Waals surface area contributed by atoms with Crippen molar-refractivity contribution in [3.8, 4) is 0 Å². The Morgan fingerprint density at radius 1 is 1.25 bits per heavy atom. The number of nitrogens with zero attached hydrogens (tertiary/aromatic N) is 1. The van der Waals surface area contributed by atoms with E-state index in [2.05, 4.69) is 0 Å². The lowest BCUT2D eigenvalue weighted by molar-refractivity contribution is 0.392. The van der Waals surface area contributed by atoms with Crippen LogP contribution in [-0.4, -0.2) is 57.5 Å². The fourth-order valence-corrected chi connectivity index (χ4v) is 5.70. The second kappa shape index (κ2) is 6.72. The Balaban J connectivity index is 2.60. The number of hydrogen-bond donors (Lipinski definition) is 1. The van der Waals surface area contributed by atoms with Gasteiger partial charge in [-0.15, -0.1) is 0 Å². The van der Waals surface area contributed by atoms with Crippen molar-refractivity contribution in [2.75, 3.05) is 25.1 Å². The molecule has 1 heterocycles. The van der Waals surface area contributed by atoms with E-state index in [0.29, 0.717) is 18.9 Å². The van der Waals surface area contributed by atoms with Gasteiger partial charge in [-0.05, 0) is 25.2 Å². The van der Waals surface area contributed by atoms with Crippen molar-refractivity contribution in [1.82, 2.24) is 4.31 Å². The third kappa shape index (κ3) is 4.68. The third-order valence-electron chi connectivity index (χ3n) is 3.99. The molecule has 0 radical (unpaired) electrons. The maximum absolute atomic E-state index is 12.4. The molecule has 2 N–H and O–H groups in total. The highest BCUT2D eigenvalue weighted by Crippen LogP contribution is 2.22. The van der Waals surface area contributed by atoms with Crippen LogP contribution >= 0.6 is 0 Å². The van der Waals surface area contributed by atoms with Gasteiger partial charge in [0.05, 0.1) is 16.8 Å². The highest BCUT2D eigenvalue weighted by Gasteiger charge is 2.35. The Hall–Kier alpha value is -0.180. The van der Waals surface area contributed by atoms with Crippen molar-refractivity contribution in [3.63, 3.8) is 0 Å². The van der Waals surface area contributed by atoms with Gasteiger partial charge in [0, 0.05) is 19.6 Å². The molecule has 0 aromatic carbocycles. The summed E-state index contributed by atoms with van der Waals surface area (Å²) < 4.78 is 48.8. The summed E-state index contributed by atoms with van der Waals surface area (Å²) in [5.74, 6) is 0.248. The Morgan fingerprint density at radius 3 is 2.20 bits per heavy atom. The van der Waals surface area contributed by atoms with Crippen molar-refractivity contribution in [2.45, 2.75) is 44.4 Å². The van der Waals surface area contributed by atoms with Gasteiger partial charge in [-0.25, -0.2) is 21.1 Å². The van der Waals surface area contributed by atoms with Gasteiger partial charge in [0.2, 0.25) is 10.0 Å². The zero-order chi connectivity index (χ0) is 15.6. The smallest absolute Gasteiger partial charge is 0.216 e. The van der Waals surface area contributed by atoms with Crippen LogP contribution < -0.4 is 5.73 Å². The van der Waals surface area contributed by atoms with E-state index in [1.54, 1.807) is 7.05 Å². The predicted molar refractivity (Wildman–Crippen MR) is 80.7 cm³/mol. The van der Waals surface area contributed by atoms with Crippen LogP contribution in [-0.2, 0) is 19.9 Å². The first-order valence-corrected chi connectivity index (χ1v) is 10.3. The summed E-state index contributed by atoms with van der Waals surface area (Å²) in [5, 5.41) is -0.578. The zero-order valence-corrected chi connectivity index (χ0v) is 14.1. The maximum Gasteiger partial charge on any atom is 0.216 e. The molecule has 0 aromatic rings. The van der Waals surface area contributed by atoms with E-state index < -0.39 is 25.1 Å². The molecular formula is C12H26N2O4S2. The summed E-state index contributed by atoms with van der Waals surface area (Å²) in [6, 6.07) is -0.0283. The molecule has 0 aliphatic carbocycles. The van der Waals surface area contributed by atoms with Crippen LogP contribution in [0.15, 0.2) is 0 Å². The van der Waals surface area contributed by atoms with E-state index in [9.17, 15) is 16.8 Å². The first kappa shape index (κ1) is 17.9. The van der Waals surface area contributed by atoms with Crippen molar-refractivity contribution in [2.24, 2.45) is 11.7 Å². The minimum Gasteiger partial charge on any atom is -0.327 e. The number of nitrogens with two attached hydrogens (primary N) is 1. The van der Waals surface area contributed by atoms with Crippen LogP contribution in [0.3, 0.4) is 0 Å². The van der Waals surface area contributed by atoms with Crippen LogP contribution in [0.5, 0.6) is 0 Å². The molecule has 8 heteroatoms. The molecule has 0 spiro atoms. The van der Waals surface area contributed by atoms with Gasteiger partial charge in [-0.1, -0.05) is 13.8 Å². The summed E-state index contributed by atoms with van der Waals surface area (Å²) >= 11 is 0. The molecule has 1 rings (SSSR count). The third-order valence-corrected chi connectivity index (χ3v) is 8.07. The Bertz CT molecular complexity index is 500. The minimum atomic E-state index is -3.42. The molecule has 1 fully saturated rings. The lowest BCUT2D eigenvalue weighted by Crippen LogP contribution is -2.42. The molecule has 120 valence electrons. The molecule has 1 saturated heterocycles. The Labute approximate surface area is 122 Å². The molecule has 0 amide bonds. The Kier molecular flexibility index (Phi) is 6.01. The van der Waals surface area contributed by atoms with Crippen LogP contribution in [0.1, 0.15) is 33.1 Å². The predicted octanol–water partition coefficient (Wildman–Crippen LogP) is 0.199. The molecule has 1 aliphatic rings. The summed E-state index contributed by atoms with van der Waals surface area (Å²) in [6.45, 7) is 4.39. The molecule has 0 saturated carbocycles. The van der Waals surface area contributed by atoms with Crippen LogP contribution in [0.4, 0.5) is 0 Å². The summed E-state index contributed by atoms with van der Waals surface area (Å²) in [6.07, 6.45) is 1.01. The second-order valence-corrected chi connectivity index (χ2v) is 10.5. The maximum atomic E-state index is 12.4. The summed E-state index contributed by atoms with van der Waals surface area (Å²) in [5.41, 5.74) is 5.92. The lowest BCUT2D eigenvalue weighted by atomic mass is 10.0. The summed E-state index contributed by atoms with van der Waals surface area (Å²) in [7, 11) is -4.91. The van der Waals surface area contributed by atoms with Crippen molar-refractivity contribution < 1.29 is 16.8 Å². The molecule has 1 aliphatic heterocycles. The van der Waals surface area contributed by atoms with Gasteiger partial charge in [0.15, 0.2) is 0 Å². The first-order chi connectivity index (χ1) is 9.06. The van der Waals surface area contributed by atoms with Gasteiger partial charge < -0.3 is 5.73 Å². The van der Waals surface area contributed by atoms with Gasteiger partial charge in [-0.2, -0.15) is 0 Å². The Morgan fingerprint density at radius 2 is 1.75 bits per heavy atom. The zero-order valence-electron chi connectivity index (χ0n) is 12.4. The van der Waals surface area contributed by atoms with E-state index >= 15 is 0 Å². The second-order valence-electron chi connectivity index (χ2n) is 5.91. The highest BCUT2D eigenvalue weighted by atomic mass is 32.2. The fraction of sp³-hybridized carbons (Fsp3) is 1.00. The molecule has 1 atom stereocenters. The lowest BCUT2D eigenvalue weighted by Gasteiger charge is -2.28. The summed E-state index contributed by atoms with van der Waals surface area (Å²) in [4.78, 5) is 0. The highest BCUT2D eigenvalue weighted by molar-refractivity contribution is 7.92. The number of sulfone groups is 1. The SMILES string of the molecule is CC(C)C(N)CCN(C)S(=O)(=O)C1CCS(=O)(=O)CC1. The first-order valence-electron chi connectivity index (χ1n) is 6.97. The number of sulfonamides is 1. The van der Waals surface area contributed by atoms with E-state index in [-0.39, 0.29) is 30.4 Å². The quantitative estimate of drug-likeness (QED) is 0.752. The van der Waals surface area contributed by atoms with Crippen molar-refractivity contribution in [1.29, 1.82) is 0 Å². The van der Waals surface area contributed by atoms with E-state index in [1.165, 1.54) is 4.31 Å². The van der Waals surface area contributed by atoms with Crippen LogP contribution in [0.2, 0.25) is 0 Å². The van der Waals surface area contributed by atoms with Crippen LogP contribution in [0.25, 0.3) is 0 Å². The normalized spacial score (nSPS) is 22.3. The van der Waals surface area contributed by atoms with Crippen molar-refractivity contribution in [3.05, 3.63) is 0 Å². The van der Waals surface area contributed by atoms with Gasteiger partial charge in [0.1, 0.15) is 9.84 Å². The van der Waals surface area contributed by atoms with Crippen LogP contribution in [0, 0.1) is 5.92 Å². The van der Waals surface area contributed by atoms with Crippen molar-refractivity contribution >= 4 is 19.9 Å². The largest absolute Gasteiger partial charge is 0.327 e. The average Bonchev–Trinajstić information content (AvgIpc) is 2.34. The van der Waals surface area contributed by atoms with E-state index in [1.807, 2.05) is 13.8 Å². The van der Waals surface area contributed by atoms with Gasteiger partial charge >= 0.3 is 0 Å². The van der Waals surface area contributed by atoms with Gasteiger partial charge in [0.25, 0.3) is 0 Å².